The predicted octanol–water partition coefficient (Wildman–Crippen LogP) is 4.60. The first kappa shape index (κ1) is 20.0. The quantitative estimate of drug-likeness (QED) is 0.565. The average Bonchev–Trinajstić information content (AvgIpc) is 3.10. The summed E-state index contributed by atoms with van der Waals surface area (Å²) in [4.78, 5) is 11.9. The van der Waals surface area contributed by atoms with E-state index in [0.717, 1.165) is 32.1 Å². The van der Waals surface area contributed by atoms with Crippen molar-refractivity contribution in [3.05, 3.63) is 35.4 Å². The van der Waals surface area contributed by atoms with Crippen LogP contribution in [0.2, 0.25) is 5.82 Å². The van der Waals surface area contributed by atoms with E-state index in [-0.39, 0.29) is 35.5 Å². The molecule has 0 amide bonds. The van der Waals surface area contributed by atoms with Gasteiger partial charge in [0.1, 0.15) is 0 Å². The molecule has 5 heteroatoms. The maximum atomic E-state index is 11.9. The van der Waals surface area contributed by atoms with Gasteiger partial charge in [0.05, 0.1) is 18.3 Å². The maximum Gasteiger partial charge on any atom is 0.461 e. The summed E-state index contributed by atoms with van der Waals surface area (Å²) in [5.41, 5.74) is 2.43. The zero-order valence-electron chi connectivity index (χ0n) is 17.9. The van der Waals surface area contributed by atoms with Gasteiger partial charge in [0, 0.05) is 12.2 Å². The number of methoxy groups -OCH3 is 1. The highest BCUT2D eigenvalue weighted by atomic mass is 16.7. The van der Waals surface area contributed by atoms with Crippen LogP contribution in [0.3, 0.4) is 0 Å². The van der Waals surface area contributed by atoms with Gasteiger partial charge >= 0.3 is 13.1 Å². The highest BCUT2D eigenvalue weighted by Crippen LogP contribution is 2.59. The molecule has 0 aromatic heterocycles. The largest absolute Gasteiger partial charge is 0.469 e. The monoisotopic (exact) mass is 384 g/mol. The first-order valence-electron chi connectivity index (χ1n) is 10.6. The Hall–Kier alpha value is -1.33. The standard InChI is InChI=1S/C23H33BO4/c1-21(2)22(3,4)28-24(27-21)19-12-16(13-20(25)26-5)10-11-23(19)14-17-8-6-7-9-18(17)15-23/h6-9,16,19H,10-15H2,1-5H3. The van der Waals surface area contributed by atoms with Crippen LogP contribution >= 0.6 is 0 Å². The zero-order chi connectivity index (χ0) is 20.2. The van der Waals surface area contributed by atoms with E-state index < -0.39 is 0 Å². The van der Waals surface area contributed by atoms with Crippen molar-refractivity contribution in [1.82, 2.24) is 0 Å². The van der Waals surface area contributed by atoms with Crippen molar-refractivity contribution in [2.24, 2.45) is 11.3 Å². The first-order chi connectivity index (χ1) is 13.2. The average molecular weight is 384 g/mol. The van der Waals surface area contributed by atoms with Crippen LogP contribution in [0.5, 0.6) is 0 Å². The van der Waals surface area contributed by atoms with Gasteiger partial charge in [0.2, 0.25) is 0 Å². The lowest BCUT2D eigenvalue weighted by Crippen LogP contribution is -2.43. The van der Waals surface area contributed by atoms with Crippen LogP contribution in [0.25, 0.3) is 0 Å². The SMILES string of the molecule is COC(=O)CC1CCC2(Cc3ccccc3C2)C(B2OC(C)(C)C(C)(C)O2)C1. The van der Waals surface area contributed by atoms with E-state index in [1.165, 1.54) is 18.2 Å². The molecule has 4 nitrogen and oxygen atoms in total. The summed E-state index contributed by atoms with van der Waals surface area (Å²) in [5.74, 6) is 0.512. The lowest BCUT2D eigenvalue weighted by atomic mass is 9.48. The summed E-state index contributed by atoms with van der Waals surface area (Å²) in [6.45, 7) is 8.49. The maximum absolute atomic E-state index is 11.9. The Kier molecular flexibility index (Phi) is 4.90. The highest BCUT2D eigenvalue weighted by Gasteiger charge is 2.60. The molecule has 1 heterocycles. The van der Waals surface area contributed by atoms with Gasteiger partial charge in [-0.2, -0.15) is 0 Å². The second kappa shape index (κ2) is 6.88. The molecule has 4 rings (SSSR count). The molecular formula is C23H33BO4. The third kappa shape index (κ3) is 3.31. The molecule has 0 radical (unpaired) electrons. The van der Waals surface area contributed by atoms with Crippen molar-refractivity contribution in [3.63, 3.8) is 0 Å². The molecule has 0 N–H and O–H groups in total. The summed E-state index contributed by atoms with van der Waals surface area (Å²) >= 11 is 0. The van der Waals surface area contributed by atoms with Crippen LogP contribution in [-0.4, -0.2) is 31.4 Å². The van der Waals surface area contributed by atoms with Crippen molar-refractivity contribution >= 4 is 13.1 Å². The molecule has 3 aliphatic rings. The zero-order valence-corrected chi connectivity index (χ0v) is 17.9. The Morgan fingerprint density at radius 1 is 1.11 bits per heavy atom. The minimum atomic E-state index is -0.334. The molecule has 1 spiro atoms. The Bertz CT molecular complexity index is 716. The molecule has 2 unspecified atom stereocenters. The van der Waals surface area contributed by atoms with Crippen molar-refractivity contribution < 1.29 is 18.8 Å². The van der Waals surface area contributed by atoms with Gasteiger partial charge in [-0.25, -0.2) is 0 Å². The molecule has 2 atom stereocenters. The molecule has 0 bridgehead atoms. The van der Waals surface area contributed by atoms with Crippen LogP contribution in [-0.2, 0) is 31.7 Å². The number of ether oxygens (including phenoxy) is 1. The third-order valence-electron chi connectivity index (χ3n) is 7.91. The second-order valence-corrected chi connectivity index (χ2v) is 10.1. The van der Waals surface area contributed by atoms with E-state index in [0.29, 0.717) is 12.3 Å². The van der Waals surface area contributed by atoms with Crippen molar-refractivity contribution in [1.29, 1.82) is 0 Å². The van der Waals surface area contributed by atoms with E-state index in [4.69, 9.17) is 14.0 Å². The molecule has 1 saturated carbocycles. The van der Waals surface area contributed by atoms with Crippen LogP contribution in [0, 0.1) is 11.3 Å². The molecule has 1 saturated heterocycles. The molecule has 1 aromatic rings. The van der Waals surface area contributed by atoms with E-state index in [1.54, 1.807) is 0 Å². The van der Waals surface area contributed by atoms with E-state index in [2.05, 4.69) is 52.0 Å². The summed E-state index contributed by atoms with van der Waals surface area (Å²) in [6, 6.07) is 8.83. The van der Waals surface area contributed by atoms with E-state index in [9.17, 15) is 4.79 Å². The van der Waals surface area contributed by atoms with Gasteiger partial charge in [-0.3, -0.25) is 4.79 Å². The first-order valence-corrected chi connectivity index (χ1v) is 10.6. The number of benzene rings is 1. The number of carbonyl (C=O) groups excluding carboxylic acids is 1. The Morgan fingerprint density at radius 3 is 2.21 bits per heavy atom. The number of rotatable bonds is 3. The van der Waals surface area contributed by atoms with E-state index >= 15 is 0 Å². The number of esters is 1. The van der Waals surface area contributed by atoms with E-state index in [1.807, 2.05) is 0 Å². The predicted molar refractivity (Wildman–Crippen MR) is 110 cm³/mol. The van der Waals surface area contributed by atoms with Crippen LogP contribution < -0.4 is 0 Å². The van der Waals surface area contributed by atoms with Gasteiger partial charge in [-0.15, -0.1) is 0 Å². The molecule has 152 valence electrons. The minimum Gasteiger partial charge on any atom is -0.469 e. The van der Waals surface area contributed by atoms with Crippen LogP contribution in [0.15, 0.2) is 24.3 Å². The topological polar surface area (TPSA) is 44.8 Å². The van der Waals surface area contributed by atoms with Crippen LogP contribution in [0.1, 0.15) is 64.5 Å². The van der Waals surface area contributed by atoms with Crippen molar-refractivity contribution in [3.8, 4) is 0 Å². The highest BCUT2D eigenvalue weighted by molar-refractivity contribution is 6.47. The normalized spacial score (nSPS) is 29.7. The minimum absolute atomic E-state index is 0.108. The molecule has 1 aromatic carbocycles. The fraction of sp³-hybridized carbons (Fsp3) is 0.696. The Labute approximate surface area is 169 Å². The number of carbonyl (C=O) groups is 1. The number of hydrogen-bond donors (Lipinski definition) is 0. The van der Waals surface area contributed by atoms with Crippen molar-refractivity contribution in [2.45, 2.75) is 83.2 Å². The Morgan fingerprint density at radius 2 is 1.68 bits per heavy atom. The van der Waals surface area contributed by atoms with Gasteiger partial charge in [-0.1, -0.05) is 24.3 Å². The lowest BCUT2D eigenvalue weighted by molar-refractivity contribution is -0.142. The fourth-order valence-electron chi connectivity index (χ4n) is 5.52. The molecule has 1 aliphatic heterocycles. The van der Waals surface area contributed by atoms with Gasteiger partial charge in [0.25, 0.3) is 0 Å². The number of fused-ring (bicyclic) bond motifs is 1. The summed E-state index contributed by atoms with van der Waals surface area (Å²) in [5, 5.41) is 0. The third-order valence-corrected chi connectivity index (χ3v) is 7.91. The Balaban J connectivity index is 1.62. The molecule has 2 fully saturated rings. The van der Waals surface area contributed by atoms with Gasteiger partial charge in [-0.05, 0) is 82.3 Å². The number of hydrogen-bond acceptors (Lipinski definition) is 4. The summed E-state index contributed by atoms with van der Waals surface area (Å²) < 4.78 is 18.0. The van der Waals surface area contributed by atoms with Gasteiger partial charge < -0.3 is 14.0 Å². The summed E-state index contributed by atoms with van der Waals surface area (Å²) in [6.07, 6.45) is 5.80. The fourth-order valence-corrected chi connectivity index (χ4v) is 5.52. The summed E-state index contributed by atoms with van der Waals surface area (Å²) in [7, 11) is 1.26. The van der Waals surface area contributed by atoms with Gasteiger partial charge in [0.15, 0.2) is 0 Å². The molecule has 28 heavy (non-hydrogen) atoms. The molecule has 2 aliphatic carbocycles. The lowest BCUT2D eigenvalue weighted by Gasteiger charge is -2.45. The van der Waals surface area contributed by atoms with Crippen LogP contribution in [0.4, 0.5) is 0 Å². The van der Waals surface area contributed by atoms with Crippen molar-refractivity contribution in [2.75, 3.05) is 7.11 Å². The second-order valence-electron chi connectivity index (χ2n) is 10.1. The smallest absolute Gasteiger partial charge is 0.461 e. The molecular weight excluding hydrogens is 351 g/mol.